The van der Waals surface area contributed by atoms with E-state index in [4.69, 9.17) is 21.1 Å². The largest absolute Gasteiger partial charge is 0.493 e. The Balaban J connectivity index is 1.41. The van der Waals surface area contributed by atoms with Crippen molar-refractivity contribution in [2.24, 2.45) is 0 Å². The topological polar surface area (TPSA) is 59.6 Å². The molecule has 120 valence electrons. The van der Waals surface area contributed by atoms with Crippen LogP contribution in [0.2, 0.25) is 5.02 Å². The lowest BCUT2D eigenvalue weighted by Gasteiger charge is -2.10. The van der Waals surface area contributed by atoms with Crippen LogP contribution in [0.1, 0.15) is 5.56 Å². The van der Waals surface area contributed by atoms with Crippen molar-refractivity contribution in [3.8, 4) is 11.5 Å². The summed E-state index contributed by atoms with van der Waals surface area (Å²) in [4.78, 5) is 11.8. The number of nitrogens with one attached hydrogen (secondary N) is 2. The van der Waals surface area contributed by atoms with Gasteiger partial charge in [-0.05, 0) is 42.0 Å². The molecular formula is C17H17ClN2O3. The highest BCUT2D eigenvalue weighted by molar-refractivity contribution is 6.30. The highest BCUT2D eigenvalue weighted by Gasteiger charge is 2.12. The van der Waals surface area contributed by atoms with Crippen LogP contribution < -0.4 is 20.1 Å². The van der Waals surface area contributed by atoms with Crippen LogP contribution >= 0.6 is 11.6 Å². The molecule has 0 aliphatic carbocycles. The van der Waals surface area contributed by atoms with Gasteiger partial charge >= 0.3 is 6.03 Å². The number of hydrogen-bond acceptors (Lipinski definition) is 3. The molecule has 0 radical (unpaired) electrons. The molecule has 1 aliphatic rings. The maximum absolute atomic E-state index is 11.8. The molecular weight excluding hydrogens is 316 g/mol. The van der Waals surface area contributed by atoms with Gasteiger partial charge in [-0.2, -0.15) is 0 Å². The molecule has 0 atom stereocenters. The maximum Gasteiger partial charge on any atom is 0.319 e. The van der Waals surface area contributed by atoms with Crippen LogP contribution in [0, 0.1) is 0 Å². The second-order valence-electron chi connectivity index (χ2n) is 5.11. The second-order valence-corrected chi connectivity index (χ2v) is 5.54. The number of hydrogen-bond donors (Lipinski definition) is 2. The van der Waals surface area contributed by atoms with Gasteiger partial charge in [0.05, 0.1) is 13.2 Å². The molecule has 0 unspecified atom stereocenters. The number of carbonyl (C=O) groups is 1. The van der Waals surface area contributed by atoms with Crippen LogP contribution in [0.15, 0.2) is 42.5 Å². The van der Waals surface area contributed by atoms with Gasteiger partial charge in [-0.3, -0.25) is 0 Å². The lowest BCUT2D eigenvalue weighted by atomic mass is 10.1. The molecule has 0 saturated heterocycles. The number of benzene rings is 2. The minimum absolute atomic E-state index is 0.265. The smallest absolute Gasteiger partial charge is 0.319 e. The predicted molar refractivity (Wildman–Crippen MR) is 89.6 cm³/mol. The summed E-state index contributed by atoms with van der Waals surface area (Å²) in [6, 6.07) is 12.5. The minimum Gasteiger partial charge on any atom is -0.493 e. The van der Waals surface area contributed by atoms with E-state index >= 15 is 0 Å². The minimum atomic E-state index is -0.265. The van der Waals surface area contributed by atoms with E-state index < -0.39 is 0 Å². The van der Waals surface area contributed by atoms with Gasteiger partial charge in [-0.1, -0.05) is 17.7 Å². The zero-order valence-corrected chi connectivity index (χ0v) is 13.2. The van der Waals surface area contributed by atoms with E-state index in [2.05, 4.69) is 10.6 Å². The monoisotopic (exact) mass is 332 g/mol. The molecule has 6 heteroatoms. The van der Waals surface area contributed by atoms with E-state index in [0.717, 1.165) is 23.4 Å². The Bertz CT molecular complexity index is 706. The highest BCUT2D eigenvalue weighted by atomic mass is 35.5. The van der Waals surface area contributed by atoms with Crippen LogP contribution in [0.3, 0.4) is 0 Å². The Labute approximate surface area is 139 Å². The summed E-state index contributed by atoms with van der Waals surface area (Å²) in [6.07, 6.45) is 0.875. The molecule has 2 amide bonds. The summed E-state index contributed by atoms with van der Waals surface area (Å²) in [5.74, 6) is 1.57. The summed E-state index contributed by atoms with van der Waals surface area (Å²) in [7, 11) is 0. The van der Waals surface area contributed by atoms with Crippen molar-refractivity contribution in [2.45, 2.75) is 6.42 Å². The summed E-state index contributed by atoms with van der Waals surface area (Å²) in [5.41, 5.74) is 1.87. The van der Waals surface area contributed by atoms with E-state index in [1.165, 1.54) is 0 Å². The van der Waals surface area contributed by atoms with Gasteiger partial charge in [0.25, 0.3) is 0 Å². The molecule has 0 spiro atoms. The number of amides is 2. The van der Waals surface area contributed by atoms with Crippen molar-refractivity contribution >= 4 is 23.3 Å². The third-order valence-corrected chi connectivity index (χ3v) is 3.63. The lowest BCUT2D eigenvalue weighted by Crippen LogP contribution is -2.32. The van der Waals surface area contributed by atoms with Gasteiger partial charge in [-0.15, -0.1) is 0 Å². The molecule has 3 rings (SSSR count). The van der Waals surface area contributed by atoms with Crippen LogP contribution in [0.25, 0.3) is 0 Å². The molecule has 2 aromatic carbocycles. The van der Waals surface area contributed by atoms with Crippen LogP contribution in [0.5, 0.6) is 11.5 Å². The average Bonchev–Trinajstić information content (AvgIpc) is 2.99. The first-order valence-electron chi connectivity index (χ1n) is 7.40. The average molecular weight is 333 g/mol. The van der Waals surface area contributed by atoms with E-state index in [1.54, 1.807) is 12.1 Å². The van der Waals surface area contributed by atoms with Crippen molar-refractivity contribution in [1.82, 2.24) is 5.32 Å². The summed E-state index contributed by atoms with van der Waals surface area (Å²) in [6.45, 7) is 1.46. The van der Waals surface area contributed by atoms with E-state index in [0.29, 0.717) is 30.5 Å². The number of ether oxygens (including phenoxy) is 2. The van der Waals surface area contributed by atoms with Gasteiger partial charge < -0.3 is 20.1 Å². The predicted octanol–water partition coefficient (Wildman–Crippen LogP) is 3.48. The van der Waals surface area contributed by atoms with Crippen LogP contribution in [-0.4, -0.2) is 25.8 Å². The fourth-order valence-corrected chi connectivity index (χ4v) is 2.51. The number of urea groups is 1. The molecule has 0 aromatic heterocycles. The first kappa shape index (κ1) is 15.5. The van der Waals surface area contributed by atoms with Gasteiger partial charge in [0, 0.05) is 17.1 Å². The van der Waals surface area contributed by atoms with Crippen molar-refractivity contribution in [3.63, 3.8) is 0 Å². The third-order valence-electron chi connectivity index (χ3n) is 3.40. The highest BCUT2D eigenvalue weighted by Crippen LogP contribution is 2.27. The fraction of sp³-hybridized carbons (Fsp3) is 0.235. The lowest BCUT2D eigenvalue weighted by molar-refractivity contribution is 0.247. The number of fused-ring (bicyclic) bond motifs is 1. The standard InChI is InChI=1S/C17H17ClN2O3/c18-13-2-1-3-15(11-13)22-9-7-19-17(21)20-14-4-5-16-12(10-14)6-8-23-16/h1-5,10-11H,6-9H2,(H2,19,20,21). The number of halogens is 1. The normalized spacial score (nSPS) is 12.2. The number of rotatable bonds is 5. The molecule has 1 heterocycles. The van der Waals surface area contributed by atoms with E-state index in [1.807, 2.05) is 30.3 Å². The zero-order valence-electron chi connectivity index (χ0n) is 12.5. The third kappa shape index (κ3) is 4.29. The first-order chi connectivity index (χ1) is 11.2. The van der Waals surface area contributed by atoms with Crippen molar-refractivity contribution in [2.75, 3.05) is 25.1 Å². The molecule has 2 N–H and O–H groups in total. The van der Waals surface area contributed by atoms with Crippen LogP contribution in [0.4, 0.5) is 10.5 Å². The van der Waals surface area contributed by atoms with Gasteiger partial charge in [-0.25, -0.2) is 4.79 Å². The summed E-state index contributed by atoms with van der Waals surface area (Å²) < 4.78 is 10.9. The Hall–Kier alpha value is -2.40. The first-order valence-corrected chi connectivity index (χ1v) is 7.77. The van der Waals surface area contributed by atoms with Gasteiger partial charge in [0.15, 0.2) is 0 Å². The molecule has 0 bridgehead atoms. The molecule has 0 saturated carbocycles. The molecule has 2 aromatic rings. The van der Waals surface area contributed by atoms with Gasteiger partial charge in [0.1, 0.15) is 18.1 Å². The molecule has 0 fully saturated rings. The number of anilines is 1. The number of carbonyl (C=O) groups excluding carboxylic acids is 1. The molecule has 5 nitrogen and oxygen atoms in total. The van der Waals surface area contributed by atoms with Crippen molar-refractivity contribution in [1.29, 1.82) is 0 Å². The van der Waals surface area contributed by atoms with Crippen LogP contribution in [-0.2, 0) is 6.42 Å². The summed E-state index contributed by atoms with van der Waals surface area (Å²) >= 11 is 5.87. The molecule has 1 aliphatic heterocycles. The Morgan fingerprint density at radius 1 is 1.26 bits per heavy atom. The fourth-order valence-electron chi connectivity index (χ4n) is 2.33. The van der Waals surface area contributed by atoms with E-state index in [9.17, 15) is 4.79 Å². The summed E-state index contributed by atoms with van der Waals surface area (Å²) in [5, 5.41) is 6.16. The SMILES string of the molecule is O=C(NCCOc1cccc(Cl)c1)Nc1ccc2c(c1)CCO2. The zero-order chi connectivity index (χ0) is 16.1. The maximum atomic E-state index is 11.8. The van der Waals surface area contributed by atoms with Gasteiger partial charge in [0.2, 0.25) is 0 Å². The van der Waals surface area contributed by atoms with E-state index in [-0.39, 0.29) is 6.03 Å². The second kappa shape index (κ2) is 7.24. The van der Waals surface area contributed by atoms with Crippen molar-refractivity contribution in [3.05, 3.63) is 53.1 Å². The Kier molecular flexibility index (Phi) is 4.88. The Morgan fingerprint density at radius 2 is 2.17 bits per heavy atom. The van der Waals surface area contributed by atoms with Crippen molar-refractivity contribution < 1.29 is 14.3 Å². The Morgan fingerprint density at radius 3 is 3.04 bits per heavy atom. The quantitative estimate of drug-likeness (QED) is 0.824. The molecule has 23 heavy (non-hydrogen) atoms.